The van der Waals surface area contributed by atoms with Crippen molar-refractivity contribution in [2.24, 2.45) is 0 Å². The van der Waals surface area contributed by atoms with E-state index in [-0.39, 0.29) is 5.56 Å². The lowest BCUT2D eigenvalue weighted by molar-refractivity contribution is -0.0546. The van der Waals surface area contributed by atoms with Crippen LogP contribution in [-0.4, -0.2) is 6.61 Å². The molecule has 0 heterocycles. The molecule has 0 amide bonds. The molecule has 0 spiro atoms. The molecule has 14 heavy (non-hydrogen) atoms. The first-order chi connectivity index (χ1) is 6.54. The molecule has 6 heteroatoms. The lowest BCUT2D eigenvalue weighted by Gasteiger charge is -2.07. The van der Waals surface area contributed by atoms with Crippen molar-refractivity contribution in [3.63, 3.8) is 0 Å². The zero-order valence-electron chi connectivity index (χ0n) is 6.74. The Morgan fingerprint density at radius 2 is 1.64 bits per heavy atom. The predicted octanol–water partition coefficient (Wildman–Crippen LogP) is 3.04. The quantitative estimate of drug-likeness (QED) is 0.699. The first kappa shape index (κ1) is 10.7. The summed E-state index contributed by atoms with van der Waals surface area (Å²) in [6.45, 7) is -4.40. The summed E-state index contributed by atoms with van der Waals surface area (Å²) in [5, 5.41) is 0. The van der Waals surface area contributed by atoms with E-state index in [1.165, 1.54) is 0 Å². The van der Waals surface area contributed by atoms with Crippen LogP contribution in [-0.2, 0) is 6.67 Å². The van der Waals surface area contributed by atoms with Crippen LogP contribution in [0.2, 0.25) is 0 Å². The highest BCUT2D eigenvalue weighted by atomic mass is 19.3. The zero-order chi connectivity index (χ0) is 10.7. The molecule has 0 unspecified atom stereocenters. The molecule has 1 nitrogen and oxygen atoms in total. The van der Waals surface area contributed by atoms with E-state index < -0.39 is 30.7 Å². The minimum atomic E-state index is -3.32. The Hall–Kier alpha value is -1.33. The molecule has 0 saturated heterocycles. The third-order valence-electron chi connectivity index (χ3n) is 1.42. The predicted molar refractivity (Wildman–Crippen MR) is 37.8 cm³/mol. The van der Waals surface area contributed by atoms with Gasteiger partial charge in [-0.2, -0.15) is 8.78 Å². The van der Waals surface area contributed by atoms with Crippen LogP contribution in [0, 0.1) is 11.6 Å². The van der Waals surface area contributed by atoms with Crippen molar-refractivity contribution in [2.45, 2.75) is 13.3 Å². The lowest BCUT2D eigenvalue weighted by atomic mass is 10.2. The van der Waals surface area contributed by atoms with Gasteiger partial charge >= 0.3 is 6.61 Å². The SMILES string of the molecule is FCc1cc(F)c(OC(F)F)c(F)c1. The van der Waals surface area contributed by atoms with Gasteiger partial charge in [0.05, 0.1) is 0 Å². The molecule has 0 bridgehead atoms. The van der Waals surface area contributed by atoms with Gasteiger partial charge in [-0.15, -0.1) is 0 Å². The lowest BCUT2D eigenvalue weighted by Crippen LogP contribution is -2.06. The molecule has 0 aliphatic carbocycles. The smallest absolute Gasteiger partial charge is 0.387 e. The Bertz CT molecular complexity index is 303. The van der Waals surface area contributed by atoms with Crippen LogP contribution in [0.15, 0.2) is 12.1 Å². The Morgan fingerprint density at radius 3 is 2.00 bits per heavy atom. The van der Waals surface area contributed by atoms with Gasteiger partial charge in [0.1, 0.15) is 6.67 Å². The fourth-order valence-corrected chi connectivity index (χ4v) is 0.891. The van der Waals surface area contributed by atoms with E-state index in [1.54, 1.807) is 0 Å². The maximum Gasteiger partial charge on any atom is 0.387 e. The van der Waals surface area contributed by atoms with Gasteiger partial charge in [0.15, 0.2) is 17.4 Å². The minimum absolute atomic E-state index is 0.276. The van der Waals surface area contributed by atoms with Crippen LogP contribution >= 0.6 is 0 Å². The van der Waals surface area contributed by atoms with E-state index >= 15 is 0 Å². The van der Waals surface area contributed by atoms with E-state index in [0.29, 0.717) is 12.1 Å². The van der Waals surface area contributed by atoms with Crippen LogP contribution in [0.3, 0.4) is 0 Å². The summed E-state index contributed by atoms with van der Waals surface area (Å²) in [6, 6.07) is 1.20. The van der Waals surface area contributed by atoms with E-state index in [1.807, 2.05) is 0 Å². The average molecular weight is 212 g/mol. The number of hydrogen-bond acceptors (Lipinski definition) is 1. The number of halogens is 5. The summed E-state index contributed by atoms with van der Waals surface area (Å²) >= 11 is 0. The number of alkyl halides is 3. The normalized spacial score (nSPS) is 10.7. The van der Waals surface area contributed by atoms with Gasteiger partial charge in [-0.05, 0) is 17.7 Å². The van der Waals surface area contributed by atoms with Crippen molar-refractivity contribution < 1.29 is 26.7 Å². The first-order valence-corrected chi connectivity index (χ1v) is 3.53. The van der Waals surface area contributed by atoms with E-state index in [4.69, 9.17) is 0 Å². The van der Waals surface area contributed by atoms with Gasteiger partial charge in [-0.3, -0.25) is 0 Å². The van der Waals surface area contributed by atoms with Crippen molar-refractivity contribution in [2.75, 3.05) is 0 Å². The fraction of sp³-hybridized carbons (Fsp3) is 0.250. The maximum absolute atomic E-state index is 12.8. The summed E-state index contributed by atoms with van der Waals surface area (Å²) in [5.41, 5.74) is -0.276. The number of benzene rings is 1. The van der Waals surface area contributed by atoms with Crippen molar-refractivity contribution >= 4 is 0 Å². The van der Waals surface area contributed by atoms with Gasteiger partial charge < -0.3 is 4.74 Å². The van der Waals surface area contributed by atoms with Crippen LogP contribution < -0.4 is 4.74 Å². The largest absolute Gasteiger partial charge is 0.429 e. The van der Waals surface area contributed by atoms with Gasteiger partial charge in [0.25, 0.3) is 0 Å². The summed E-state index contributed by atoms with van der Waals surface area (Å²) in [6.07, 6.45) is 0. The van der Waals surface area contributed by atoms with Gasteiger partial charge in [0, 0.05) is 0 Å². The number of ether oxygens (including phenoxy) is 1. The monoisotopic (exact) mass is 212 g/mol. The van der Waals surface area contributed by atoms with Gasteiger partial charge in [-0.25, -0.2) is 13.2 Å². The summed E-state index contributed by atoms with van der Waals surface area (Å²) in [7, 11) is 0. The van der Waals surface area contributed by atoms with Crippen molar-refractivity contribution in [3.8, 4) is 5.75 Å². The number of rotatable bonds is 3. The highest BCUT2D eigenvalue weighted by Gasteiger charge is 2.16. The molecule has 1 rings (SSSR count). The van der Waals surface area contributed by atoms with Crippen molar-refractivity contribution in [3.05, 3.63) is 29.3 Å². The van der Waals surface area contributed by atoms with Crippen LogP contribution in [0.4, 0.5) is 22.0 Å². The van der Waals surface area contributed by atoms with Crippen LogP contribution in [0.1, 0.15) is 5.56 Å². The fourth-order valence-electron chi connectivity index (χ4n) is 0.891. The van der Waals surface area contributed by atoms with E-state index in [2.05, 4.69) is 4.74 Å². The highest BCUT2D eigenvalue weighted by Crippen LogP contribution is 2.25. The third-order valence-corrected chi connectivity index (χ3v) is 1.42. The summed E-state index contributed by atoms with van der Waals surface area (Å²) in [5.74, 6) is -3.90. The molecule has 78 valence electrons. The third kappa shape index (κ3) is 2.34. The van der Waals surface area contributed by atoms with E-state index in [0.717, 1.165) is 0 Å². The molecule has 0 N–H and O–H groups in total. The van der Waals surface area contributed by atoms with Crippen molar-refractivity contribution in [1.29, 1.82) is 0 Å². The van der Waals surface area contributed by atoms with E-state index in [9.17, 15) is 22.0 Å². The molecule has 0 atom stereocenters. The second kappa shape index (κ2) is 4.26. The van der Waals surface area contributed by atoms with Crippen LogP contribution in [0.25, 0.3) is 0 Å². The maximum atomic E-state index is 12.8. The Morgan fingerprint density at radius 1 is 1.14 bits per heavy atom. The second-order valence-corrected chi connectivity index (χ2v) is 2.40. The van der Waals surface area contributed by atoms with Gasteiger partial charge in [0.2, 0.25) is 0 Å². The van der Waals surface area contributed by atoms with Gasteiger partial charge in [-0.1, -0.05) is 0 Å². The zero-order valence-corrected chi connectivity index (χ0v) is 6.74. The Balaban J connectivity index is 3.05. The average Bonchev–Trinajstić information content (AvgIpc) is 2.10. The molecule has 0 aliphatic rings. The molecule has 0 radical (unpaired) electrons. The number of hydrogen-bond donors (Lipinski definition) is 0. The minimum Gasteiger partial charge on any atom is -0.429 e. The Labute approximate surface area is 76.1 Å². The second-order valence-electron chi connectivity index (χ2n) is 2.40. The molecule has 0 fully saturated rings. The Kier molecular flexibility index (Phi) is 3.27. The molecular formula is C8H5F5O. The molecule has 1 aromatic rings. The summed E-state index contributed by atoms with van der Waals surface area (Å²) < 4.78 is 64.4. The molecule has 0 saturated carbocycles. The van der Waals surface area contributed by atoms with Crippen LogP contribution in [0.5, 0.6) is 5.75 Å². The summed E-state index contributed by atoms with van der Waals surface area (Å²) in [4.78, 5) is 0. The standard InChI is InChI=1S/C8H5F5O/c9-3-4-1-5(10)7(6(11)2-4)14-8(12)13/h1-2,8H,3H2. The molecule has 0 aromatic heterocycles. The molecule has 0 aliphatic heterocycles. The topological polar surface area (TPSA) is 9.23 Å². The highest BCUT2D eigenvalue weighted by molar-refractivity contribution is 5.31. The molecular weight excluding hydrogens is 207 g/mol. The first-order valence-electron chi connectivity index (χ1n) is 3.53. The van der Waals surface area contributed by atoms with Crippen molar-refractivity contribution in [1.82, 2.24) is 0 Å². The molecule has 1 aromatic carbocycles.